The predicted octanol–water partition coefficient (Wildman–Crippen LogP) is 3.19. The smallest absolute Gasteiger partial charge is 0.186 e. The van der Waals surface area contributed by atoms with Crippen molar-refractivity contribution in [3.05, 3.63) is 10.6 Å². The number of aryl methyl sites for hydroxylation is 1. The summed E-state index contributed by atoms with van der Waals surface area (Å²) in [6.45, 7) is 7.65. The van der Waals surface area contributed by atoms with Gasteiger partial charge in [0, 0.05) is 24.0 Å². The molecule has 1 heterocycles. The molecule has 106 valence electrons. The zero-order chi connectivity index (χ0) is 13.2. The molecule has 0 bridgehead atoms. The van der Waals surface area contributed by atoms with Crippen LogP contribution in [0.15, 0.2) is 0 Å². The van der Waals surface area contributed by atoms with E-state index in [4.69, 9.17) is 4.98 Å². The second kappa shape index (κ2) is 5.80. The van der Waals surface area contributed by atoms with Crippen LogP contribution in [-0.2, 0) is 13.0 Å². The first-order valence-electron chi connectivity index (χ1n) is 7.77. The van der Waals surface area contributed by atoms with Gasteiger partial charge in [0.2, 0.25) is 0 Å². The van der Waals surface area contributed by atoms with Crippen molar-refractivity contribution < 1.29 is 0 Å². The molecular formula is C15H25N3S. The molecule has 3 nitrogen and oxygen atoms in total. The van der Waals surface area contributed by atoms with Crippen LogP contribution in [0.25, 0.3) is 0 Å². The van der Waals surface area contributed by atoms with Crippen LogP contribution in [0.5, 0.6) is 0 Å². The van der Waals surface area contributed by atoms with E-state index in [1.165, 1.54) is 47.9 Å². The third kappa shape index (κ3) is 3.29. The average Bonchev–Trinajstić information content (AvgIpc) is 3.31. The Bertz CT molecular complexity index is 421. The number of aromatic nitrogens is 1. The number of thiazole rings is 1. The van der Waals surface area contributed by atoms with Gasteiger partial charge < -0.3 is 10.2 Å². The molecule has 0 spiro atoms. The van der Waals surface area contributed by atoms with Gasteiger partial charge in [-0.15, -0.1) is 11.3 Å². The van der Waals surface area contributed by atoms with Crippen LogP contribution in [0, 0.1) is 5.92 Å². The zero-order valence-electron chi connectivity index (χ0n) is 12.1. The molecule has 0 amide bonds. The Morgan fingerprint density at radius 3 is 2.63 bits per heavy atom. The molecule has 2 aliphatic carbocycles. The van der Waals surface area contributed by atoms with E-state index in [0.29, 0.717) is 0 Å². The molecule has 2 fully saturated rings. The summed E-state index contributed by atoms with van der Waals surface area (Å²) in [5, 5.41) is 4.73. The number of nitrogens with zero attached hydrogens (tertiary/aromatic N) is 2. The number of nitrogens with one attached hydrogen (secondary N) is 1. The number of hydrogen-bond donors (Lipinski definition) is 1. The monoisotopic (exact) mass is 279 g/mol. The first-order chi connectivity index (χ1) is 9.31. The van der Waals surface area contributed by atoms with Gasteiger partial charge in [0.05, 0.1) is 5.69 Å². The van der Waals surface area contributed by atoms with Crippen LogP contribution in [0.4, 0.5) is 5.13 Å². The molecule has 3 rings (SSSR count). The molecule has 0 atom stereocenters. The minimum atomic E-state index is 0.795. The second-order valence-electron chi connectivity index (χ2n) is 5.83. The predicted molar refractivity (Wildman–Crippen MR) is 82.0 cm³/mol. The van der Waals surface area contributed by atoms with E-state index < -0.39 is 0 Å². The Balaban J connectivity index is 1.75. The Morgan fingerprint density at radius 2 is 2.05 bits per heavy atom. The molecule has 1 N–H and O–H groups in total. The summed E-state index contributed by atoms with van der Waals surface area (Å²) < 4.78 is 0. The Hall–Kier alpha value is -0.610. The maximum atomic E-state index is 4.93. The standard InChI is InChI=1S/C15H25N3S/c1-3-13-14(9-16-4-2)19-15(17-13)18(12-7-8-12)10-11-5-6-11/h11-12,16H,3-10H2,1-2H3. The van der Waals surface area contributed by atoms with Crippen LogP contribution in [0.3, 0.4) is 0 Å². The maximum absolute atomic E-state index is 4.93. The highest BCUT2D eigenvalue weighted by atomic mass is 32.1. The number of anilines is 1. The number of rotatable bonds is 8. The molecule has 1 aromatic heterocycles. The lowest BCUT2D eigenvalue weighted by Gasteiger charge is -2.21. The van der Waals surface area contributed by atoms with E-state index in [2.05, 4.69) is 24.1 Å². The van der Waals surface area contributed by atoms with Crippen molar-refractivity contribution >= 4 is 16.5 Å². The highest BCUT2D eigenvalue weighted by Gasteiger charge is 2.35. The second-order valence-corrected chi connectivity index (χ2v) is 6.89. The topological polar surface area (TPSA) is 28.2 Å². The normalized spacial score (nSPS) is 18.8. The van der Waals surface area contributed by atoms with E-state index in [9.17, 15) is 0 Å². The molecule has 0 aromatic carbocycles. The van der Waals surface area contributed by atoms with Gasteiger partial charge in [0.1, 0.15) is 0 Å². The van der Waals surface area contributed by atoms with E-state index in [1.807, 2.05) is 11.3 Å². The Kier molecular flexibility index (Phi) is 4.08. The maximum Gasteiger partial charge on any atom is 0.186 e. The van der Waals surface area contributed by atoms with Crippen molar-refractivity contribution in [2.24, 2.45) is 5.92 Å². The molecule has 0 unspecified atom stereocenters. The summed E-state index contributed by atoms with van der Waals surface area (Å²) in [6, 6.07) is 0.795. The summed E-state index contributed by atoms with van der Waals surface area (Å²) in [5.74, 6) is 0.951. The Morgan fingerprint density at radius 1 is 1.26 bits per heavy atom. The average molecular weight is 279 g/mol. The van der Waals surface area contributed by atoms with Gasteiger partial charge in [-0.3, -0.25) is 0 Å². The highest BCUT2D eigenvalue weighted by Crippen LogP contribution is 2.39. The Labute approximate surface area is 120 Å². The third-order valence-corrected chi connectivity index (χ3v) is 5.16. The lowest BCUT2D eigenvalue weighted by molar-refractivity contribution is 0.713. The molecule has 0 saturated heterocycles. The van der Waals surface area contributed by atoms with Crippen LogP contribution in [-0.4, -0.2) is 24.1 Å². The van der Waals surface area contributed by atoms with Gasteiger partial charge in [0.25, 0.3) is 0 Å². The fourth-order valence-corrected chi connectivity index (χ4v) is 3.69. The lowest BCUT2D eigenvalue weighted by Crippen LogP contribution is -2.27. The molecular weight excluding hydrogens is 254 g/mol. The summed E-state index contributed by atoms with van der Waals surface area (Å²) in [6.07, 6.45) is 6.66. The molecule has 2 aliphatic rings. The quantitative estimate of drug-likeness (QED) is 0.792. The van der Waals surface area contributed by atoms with Crippen molar-refractivity contribution in [1.29, 1.82) is 0 Å². The van der Waals surface area contributed by atoms with Crippen molar-refractivity contribution in [3.63, 3.8) is 0 Å². The van der Waals surface area contributed by atoms with Crippen LogP contribution in [0.2, 0.25) is 0 Å². The molecule has 0 radical (unpaired) electrons. The largest absolute Gasteiger partial charge is 0.345 e. The fraction of sp³-hybridized carbons (Fsp3) is 0.800. The number of hydrogen-bond acceptors (Lipinski definition) is 4. The fourth-order valence-electron chi connectivity index (χ4n) is 2.49. The summed E-state index contributed by atoms with van der Waals surface area (Å²) >= 11 is 1.92. The summed E-state index contributed by atoms with van der Waals surface area (Å²) in [5.41, 5.74) is 1.31. The molecule has 4 heteroatoms. The zero-order valence-corrected chi connectivity index (χ0v) is 12.9. The van der Waals surface area contributed by atoms with E-state index in [-0.39, 0.29) is 0 Å². The van der Waals surface area contributed by atoms with E-state index >= 15 is 0 Å². The van der Waals surface area contributed by atoms with Gasteiger partial charge in [-0.05, 0) is 44.6 Å². The lowest BCUT2D eigenvalue weighted by atomic mass is 10.3. The van der Waals surface area contributed by atoms with Crippen molar-refractivity contribution in [3.8, 4) is 0 Å². The van der Waals surface area contributed by atoms with Gasteiger partial charge in [-0.1, -0.05) is 13.8 Å². The van der Waals surface area contributed by atoms with E-state index in [1.54, 1.807) is 0 Å². The SMILES string of the molecule is CCNCc1sc(N(CC2CC2)C2CC2)nc1CC. The van der Waals surface area contributed by atoms with Crippen LogP contribution >= 0.6 is 11.3 Å². The van der Waals surface area contributed by atoms with Gasteiger partial charge in [-0.25, -0.2) is 4.98 Å². The summed E-state index contributed by atoms with van der Waals surface area (Å²) in [7, 11) is 0. The highest BCUT2D eigenvalue weighted by molar-refractivity contribution is 7.15. The minimum absolute atomic E-state index is 0.795. The van der Waals surface area contributed by atoms with Crippen LogP contribution < -0.4 is 10.2 Å². The van der Waals surface area contributed by atoms with Crippen molar-refractivity contribution in [2.75, 3.05) is 18.0 Å². The first-order valence-corrected chi connectivity index (χ1v) is 8.59. The molecule has 2 saturated carbocycles. The third-order valence-electron chi connectivity index (χ3n) is 4.02. The first kappa shape index (κ1) is 13.4. The summed E-state index contributed by atoms with van der Waals surface area (Å²) in [4.78, 5) is 8.98. The molecule has 0 aliphatic heterocycles. The van der Waals surface area contributed by atoms with Gasteiger partial charge >= 0.3 is 0 Å². The van der Waals surface area contributed by atoms with Gasteiger partial charge in [-0.2, -0.15) is 0 Å². The molecule has 19 heavy (non-hydrogen) atoms. The van der Waals surface area contributed by atoms with E-state index in [0.717, 1.165) is 31.5 Å². The minimum Gasteiger partial charge on any atom is -0.345 e. The van der Waals surface area contributed by atoms with Crippen molar-refractivity contribution in [2.45, 2.75) is 58.5 Å². The van der Waals surface area contributed by atoms with Crippen LogP contribution in [0.1, 0.15) is 50.1 Å². The molecule has 1 aromatic rings. The van der Waals surface area contributed by atoms with Gasteiger partial charge in [0.15, 0.2) is 5.13 Å². The van der Waals surface area contributed by atoms with Crippen molar-refractivity contribution in [1.82, 2.24) is 10.3 Å².